The van der Waals surface area contributed by atoms with E-state index in [0.717, 1.165) is 10.0 Å². The van der Waals surface area contributed by atoms with Gasteiger partial charge in [0.05, 0.1) is 17.9 Å². The van der Waals surface area contributed by atoms with Gasteiger partial charge in [-0.05, 0) is 35.9 Å². The fraction of sp³-hybridized carbons (Fsp3) is 0. The summed E-state index contributed by atoms with van der Waals surface area (Å²) >= 11 is 3.36. The molecule has 0 amide bonds. The molecule has 0 bridgehead atoms. The zero-order valence-corrected chi connectivity index (χ0v) is 9.94. The number of rotatable bonds is 2. The average Bonchev–Trinajstić information content (AvgIpc) is 2.80. The number of benzene rings is 1. The second-order valence-electron chi connectivity index (χ2n) is 3.19. The van der Waals surface area contributed by atoms with E-state index < -0.39 is 0 Å². The van der Waals surface area contributed by atoms with Crippen molar-refractivity contribution in [2.24, 2.45) is 0 Å². The van der Waals surface area contributed by atoms with Crippen LogP contribution in [0.25, 0.3) is 11.6 Å². The summed E-state index contributed by atoms with van der Waals surface area (Å²) < 4.78 is 6.17. The third-order valence-electron chi connectivity index (χ3n) is 2.11. The highest BCUT2D eigenvalue weighted by molar-refractivity contribution is 9.10. The molecule has 0 N–H and O–H groups in total. The SMILES string of the molecule is N#CC(=Cc1ccco1)c1ccc(Br)cc1. The molecule has 2 nitrogen and oxygen atoms in total. The minimum Gasteiger partial charge on any atom is -0.465 e. The number of halogens is 1. The van der Waals surface area contributed by atoms with Crippen molar-refractivity contribution in [2.75, 3.05) is 0 Å². The average molecular weight is 274 g/mol. The van der Waals surface area contributed by atoms with E-state index in [2.05, 4.69) is 22.0 Å². The number of nitriles is 1. The molecule has 0 atom stereocenters. The first-order valence-corrected chi connectivity index (χ1v) is 5.50. The normalized spacial score (nSPS) is 11.1. The molecule has 1 aromatic heterocycles. The summed E-state index contributed by atoms with van der Waals surface area (Å²) in [5.41, 5.74) is 1.46. The molecular formula is C13H8BrNO. The van der Waals surface area contributed by atoms with Crippen molar-refractivity contribution >= 4 is 27.6 Å². The van der Waals surface area contributed by atoms with Crippen molar-refractivity contribution in [1.82, 2.24) is 0 Å². The van der Waals surface area contributed by atoms with Gasteiger partial charge in [-0.15, -0.1) is 0 Å². The molecule has 0 saturated carbocycles. The molecule has 0 radical (unpaired) electrons. The Morgan fingerprint density at radius 1 is 1.25 bits per heavy atom. The summed E-state index contributed by atoms with van der Waals surface area (Å²) in [7, 11) is 0. The maximum absolute atomic E-state index is 9.08. The van der Waals surface area contributed by atoms with Gasteiger partial charge in [-0.2, -0.15) is 5.26 Å². The highest BCUT2D eigenvalue weighted by Gasteiger charge is 2.01. The third kappa shape index (κ3) is 2.41. The molecule has 0 spiro atoms. The zero-order valence-electron chi connectivity index (χ0n) is 8.35. The summed E-state index contributed by atoms with van der Waals surface area (Å²) in [6, 6.07) is 13.4. The first-order chi connectivity index (χ1) is 7.79. The van der Waals surface area contributed by atoms with Crippen LogP contribution >= 0.6 is 15.9 Å². The molecule has 0 aliphatic rings. The van der Waals surface area contributed by atoms with E-state index >= 15 is 0 Å². The van der Waals surface area contributed by atoms with Crippen molar-refractivity contribution in [3.63, 3.8) is 0 Å². The Morgan fingerprint density at radius 2 is 2.00 bits per heavy atom. The predicted octanol–water partition coefficient (Wildman–Crippen LogP) is 4.11. The highest BCUT2D eigenvalue weighted by Crippen LogP contribution is 2.20. The fourth-order valence-electron chi connectivity index (χ4n) is 1.33. The van der Waals surface area contributed by atoms with Crippen LogP contribution in [0.5, 0.6) is 0 Å². The van der Waals surface area contributed by atoms with Crippen molar-refractivity contribution in [3.05, 3.63) is 58.5 Å². The van der Waals surface area contributed by atoms with E-state index in [1.54, 1.807) is 18.4 Å². The number of allylic oxidation sites excluding steroid dienone is 1. The van der Waals surface area contributed by atoms with Gasteiger partial charge in [-0.1, -0.05) is 28.1 Å². The third-order valence-corrected chi connectivity index (χ3v) is 2.63. The molecular weight excluding hydrogens is 266 g/mol. The Morgan fingerprint density at radius 3 is 2.56 bits per heavy atom. The topological polar surface area (TPSA) is 36.9 Å². The van der Waals surface area contributed by atoms with E-state index in [-0.39, 0.29) is 0 Å². The largest absolute Gasteiger partial charge is 0.465 e. The number of furan rings is 1. The second kappa shape index (κ2) is 4.82. The lowest BCUT2D eigenvalue weighted by atomic mass is 10.1. The molecule has 2 rings (SSSR count). The first kappa shape index (κ1) is 10.7. The molecule has 0 aliphatic carbocycles. The monoisotopic (exact) mass is 273 g/mol. The van der Waals surface area contributed by atoms with Crippen LogP contribution in [0.3, 0.4) is 0 Å². The van der Waals surface area contributed by atoms with Gasteiger partial charge in [-0.25, -0.2) is 0 Å². The van der Waals surface area contributed by atoms with Gasteiger partial charge in [0.2, 0.25) is 0 Å². The van der Waals surface area contributed by atoms with Crippen molar-refractivity contribution in [2.45, 2.75) is 0 Å². The van der Waals surface area contributed by atoms with E-state index in [0.29, 0.717) is 11.3 Å². The Bertz CT molecular complexity index is 532. The summed E-state index contributed by atoms with van der Waals surface area (Å²) in [4.78, 5) is 0. The first-order valence-electron chi connectivity index (χ1n) is 4.71. The van der Waals surface area contributed by atoms with Crippen molar-refractivity contribution < 1.29 is 4.42 Å². The molecule has 2 aromatic rings. The molecule has 3 heteroatoms. The lowest BCUT2D eigenvalue weighted by molar-refractivity contribution is 0.557. The lowest BCUT2D eigenvalue weighted by Crippen LogP contribution is -1.80. The Kier molecular flexibility index (Phi) is 3.23. The molecule has 78 valence electrons. The Hall–Kier alpha value is -1.79. The number of nitrogens with zero attached hydrogens (tertiary/aromatic N) is 1. The fourth-order valence-corrected chi connectivity index (χ4v) is 1.59. The van der Waals surface area contributed by atoms with Gasteiger partial charge in [0.15, 0.2) is 0 Å². The predicted molar refractivity (Wildman–Crippen MR) is 66.3 cm³/mol. The summed E-state index contributed by atoms with van der Waals surface area (Å²) in [5, 5.41) is 9.08. The van der Waals surface area contributed by atoms with Crippen LogP contribution in [0.15, 0.2) is 51.6 Å². The smallest absolute Gasteiger partial charge is 0.127 e. The maximum atomic E-state index is 9.08. The Labute approximate surface area is 102 Å². The molecule has 0 fully saturated rings. The van der Waals surface area contributed by atoms with E-state index in [4.69, 9.17) is 9.68 Å². The van der Waals surface area contributed by atoms with E-state index in [1.165, 1.54) is 0 Å². The second-order valence-corrected chi connectivity index (χ2v) is 4.11. The number of hydrogen-bond donors (Lipinski definition) is 0. The zero-order chi connectivity index (χ0) is 11.4. The van der Waals surface area contributed by atoms with Gasteiger partial charge in [-0.3, -0.25) is 0 Å². The quantitative estimate of drug-likeness (QED) is 0.773. The van der Waals surface area contributed by atoms with Crippen LogP contribution in [0, 0.1) is 11.3 Å². The van der Waals surface area contributed by atoms with Crippen LogP contribution in [0.4, 0.5) is 0 Å². The maximum Gasteiger partial charge on any atom is 0.127 e. The highest BCUT2D eigenvalue weighted by atomic mass is 79.9. The van der Waals surface area contributed by atoms with Gasteiger partial charge < -0.3 is 4.42 Å². The standard InChI is InChI=1S/C13H8BrNO/c14-12-5-3-10(4-6-12)11(9-15)8-13-2-1-7-16-13/h1-8H. The minimum absolute atomic E-state index is 0.586. The van der Waals surface area contributed by atoms with Crippen molar-refractivity contribution in [3.8, 4) is 6.07 Å². The van der Waals surface area contributed by atoms with Crippen LogP contribution in [-0.4, -0.2) is 0 Å². The van der Waals surface area contributed by atoms with Crippen LogP contribution in [0.2, 0.25) is 0 Å². The van der Waals surface area contributed by atoms with Gasteiger partial charge >= 0.3 is 0 Å². The van der Waals surface area contributed by atoms with Crippen LogP contribution in [0.1, 0.15) is 11.3 Å². The van der Waals surface area contributed by atoms with Gasteiger partial charge in [0.1, 0.15) is 5.76 Å². The van der Waals surface area contributed by atoms with E-state index in [1.807, 2.05) is 30.3 Å². The molecule has 1 aromatic carbocycles. The summed E-state index contributed by atoms with van der Waals surface area (Å²) in [5.74, 6) is 0.680. The van der Waals surface area contributed by atoms with Gasteiger partial charge in [0, 0.05) is 4.47 Å². The molecule has 0 saturated heterocycles. The minimum atomic E-state index is 0.586. The van der Waals surface area contributed by atoms with E-state index in [9.17, 15) is 0 Å². The summed E-state index contributed by atoms with van der Waals surface area (Å²) in [6.07, 6.45) is 3.31. The van der Waals surface area contributed by atoms with Crippen LogP contribution in [-0.2, 0) is 0 Å². The summed E-state index contributed by atoms with van der Waals surface area (Å²) in [6.45, 7) is 0. The lowest BCUT2D eigenvalue weighted by Gasteiger charge is -1.98. The molecule has 0 aliphatic heterocycles. The van der Waals surface area contributed by atoms with Gasteiger partial charge in [0.25, 0.3) is 0 Å². The van der Waals surface area contributed by atoms with Crippen LogP contribution < -0.4 is 0 Å². The van der Waals surface area contributed by atoms with Crippen molar-refractivity contribution in [1.29, 1.82) is 5.26 Å². The molecule has 0 unspecified atom stereocenters. The molecule has 16 heavy (non-hydrogen) atoms. The Balaban J connectivity index is 2.37. The number of hydrogen-bond acceptors (Lipinski definition) is 2. The molecule has 1 heterocycles.